The number of carbonyl (C=O) groups excluding carboxylic acids is 1. The minimum absolute atomic E-state index is 0.148. The second-order valence-electron chi connectivity index (χ2n) is 6.63. The lowest BCUT2D eigenvalue weighted by Crippen LogP contribution is -2.32. The molecule has 0 unspecified atom stereocenters. The SMILES string of the molecule is CCN(Cc1nc2ccccc2c(=O)[nH]1)C(=O)CCC1CCCC1. The molecule has 0 radical (unpaired) electrons. The molecule has 0 atom stereocenters. The Morgan fingerprint density at radius 1 is 1.29 bits per heavy atom. The van der Waals surface area contributed by atoms with Crippen molar-refractivity contribution < 1.29 is 4.79 Å². The van der Waals surface area contributed by atoms with Gasteiger partial charge in [0.05, 0.1) is 17.4 Å². The van der Waals surface area contributed by atoms with Crippen LogP contribution in [-0.4, -0.2) is 27.3 Å². The number of para-hydroxylation sites is 1. The van der Waals surface area contributed by atoms with Crippen molar-refractivity contribution in [2.45, 2.75) is 52.0 Å². The summed E-state index contributed by atoms with van der Waals surface area (Å²) in [6.45, 7) is 2.95. The van der Waals surface area contributed by atoms with Gasteiger partial charge in [-0.25, -0.2) is 4.98 Å². The highest BCUT2D eigenvalue weighted by Gasteiger charge is 2.19. The molecule has 5 nitrogen and oxygen atoms in total. The van der Waals surface area contributed by atoms with Crippen molar-refractivity contribution in [2.24, 2.45) is 5.92 Å². The van der Waals surface area contributed by atoms with Crippen molar-refractivity contribution in [1.29, 1.82) is 0 Å². The van der Waals surface area contributed by atoms with Crippen LogP contribution in [0.1, 0.15) is 51.3 Å². The van der Waals surface area contributed by atoms with E-state index in [0.29, 0.717) is 42.2 Å². The van der Waals surface area contributed by atoms with Gasteiger partial charge < -0.3 is 9.88 Å². The lowest BCUT2D eigenvalue weighted by molar-refractivity contribution is -0.132. The molecule has 1 fully saturated rings. The molecule has 1 aliphatic rings. The van der Waals surface area contributed by atoms with Crippen LogP contribution in [0.2, 0.25) is 0 Å². The fourth-order valence-corrected chi connectivity index (χ4v) is 3.55. The van der Waals surface area contributed by atoms with Crippen LogP contribution in [-0.2, 0) is 11.3 Å². The summed E-state index contributed by atoms with van der Waals surface area (Å²) in [6, 6.07) is 7.27. The highest BCUT2D eigenvalue weighted by Crippen LogP contribution is 2.28. The molecule has 1 N–H and O–H groups in total. The van der Waals surface area contributed by atoms with Crippen LogP contribution in [0, 0.1) is 5.92 Å². The highest BCUT2D eigenvalue weighted by molar-refractivity contribution is 5.77. The van der Waals surface area contributed by atoms with Crippen LogP contribution in [0.25, 0.3) is 10.9 Å². The van der Waals surface area contributed by atoms with Gasteiger partial charge in [0, 0.05) is 13.0 Å². The zero-order valence-electron chi connectivity index (χ0n) is 14.3. The van der Waals surface area contributed by atoms with Crippen LogP contribution in [0.4, 0.5) is 0 Å². The first-order valence-electron chi connectivity index (χ1n) is 8.93. The van der Waals surface area contributed by atoms with Crippen molar-refractivity contribution >= 4 is 16.8 Å². The maximum absolute atomic E-state index is 12.5. The predicted molar refractivity (Wildman–Crippen MR) is 94.6 cm³/mol. The van der Waals surface area contributed by atoms with Gasteiger partial charge in [-0.15, -0.1) is 0 Å². The largest absolute Gasteiger partial charge is 0.336 e. The van der Waals surface area contributed by atoms with Crippen molar-refractivity contribution in [2.75, 3.05) is 6.54 Å². The molecule has 1 heterocycles. The second-order valence-corrected chi connectivity index (χ2v) is 6.63. The van der Waals surface area contributed by atoms with Crippen molar-refractivity contribution in [3.05, 3.63) is 40.4 Å². The average Bonchev–Trinajstić information content (AvgIpc) is 3.11. The molecule has 1 aromatic carbocycles. The van der Waals surface area contributed by atoms with E-state index < -0.39 is 0 Å². The van der Waals surface area contributed by atoms with E-state index in [2.05, 4.69) is 9.97 Å². The number of hydrogen-bond donors (Lipinski definition) is 1. The van der Waals surface area contributed by atoms with Gasteiger partial charge in [-0.05, 0) is 31.4 Å². The van der Waals surface area contributed by atoms with E-state index in [1.807, 2.05) is 25.1 Å². The van der Waals surface area contributed by atoms with Gasteiger partial charge in [0.2, 0.25) is 5.91 Å². The molecule has 0 bridgehead atoms. The fraction of sp³-hybridized carbons (Fsp3) is 0.526. The summed E-state index contributed by atoms with van der Waals surface area (Å²) >= 11 is 0. The molecular formula is C19H25N3O2. The molecule has 1 amide bonds. The quantitative estimate of drug-likeness (QED) is 0.885. The van der Waals surface area contributed by atoms with Crippen LogP contribution in [0.5, 0.6) is 0 Å². The minimum atomic E-state index is -0.148. The average molecular weight is 327 g/mol. The fourth-order valence-electron chi connectivity index (χ4n) is 3.55. The number of benzene rings is 1. The van der Waals surface area contributed by atoms with Gasteiger partial charge in [0.15, 0.2) is 0 Å². The molecule has 1 aliphatic carbocycles. The third-order valence-electron chi connectivity index (χ3n) is 4.98. The number of nitrogens with zero attached hydrogens (tertiary/aromatic N) is 2. The van der Waals surface area contributed by atoms with Crippen LogP contribution < -0.4 is 5.56 Å². The van der Waals surface area contributed by atoms with Crippen molar-refractivity contribution in [1.82, 2.24) is 14.9 Å². The summed E-state index contributed by atoms with van der Waals surface area (Å²) in [6.07, 6.45) is 6.71. The van der Waals surface area contributed by atoms with Crippen molar-refractivity contribution in [3.8, 4) is 0 Å². The molecule has 0 aliphatic heterocycles. The normalized spacial score (nSPS) is 15.0. The number of aromatic nitrogens is 2. The van der Waals surface area contributed by atoms with E-state index in [1.54, 1.807) is 11.0 Å². The maximum atomic E-state index is 12.5. The number of fused-ring (bicyclic) bond motifs is 1. The van der Waals surface area contributed by atoms with E-state index in [0.717, 1.165) is 6.42 Å². The molecule has 0 saturated heterocycles. The van der Waals surface area contributed by atoms with Gasteiger partial charge >= 0.3 is 0 Å². The summed E-state index contributed by atoms with van der Waals surface area (Å²) in [5.41, 5.74) is 0.524. The number of rotatable bonds is 6. The predicted octanol–water partition coefficient (Wildman–Crippen LogP) is 3.24. The minimum Gasteiger partial charge on any atom is -0.336 e. The molecule has 0 spiro atoms. The van der Waals surface area contributed by atoms with Gasteiger partial charge in [-0.2, -0.15) is 0 Å². The Hall–Kier alpha value is -2.17. The van der Waals surface area contributed by atoms with Gasteiger partial charge in [0.25, 0.3) is 5.56 Å². The molecule has 1 aromatic heterocycles. The Bertz CT molecular complexity index is 763. The van der Waals surface area contributed by atoms with E-state index in [9.17, 15) is 9.59 Å². The van der Waals surface area contributed by atoms with E-state index >= 15 is 0 Å². The molecule has 2 aromatic rings. The number of amides is 1. The lowest BCUT2D eigenvalue weighted by atomic mass is 10.0. The number of nitrogens with one attached hydrogen (secondary N) is 1. The summed E-state index contributed by atoms with van der Waals surface area (Å²) in [5.74, 6) is 1.42. The first-order valence-corrected chi connectivity index (χ1v) is 8.93. The monoisotopic (exact) mass is 327 g/mol. The summed E-state index contributed by atoms with van der Waals surface area (Å²) in [4.78, 5) is 33.7. The summed E-state index contributed by atoms with van der Waals surface area (Å²) in [5, 5.41) is 0.580. The molecule has 24 heavy (non-hydrogen) atoms. The van der Waals surface area contributed by atoms with E-state index in [4.69, 9.17) is 0 Å². The molecule has 1 saturated carbocycles. The molecule has 3 rings (SSSR count). The molecule has 5 heteroatoms. The Kier molecular flexibility index (Phi) is 5.28. The molecule has 128 valence electrons. The van der Waals surface area contributed by atoms with Gasteiger partial charge in [-0.1, -0.05) is 37.8 Å². The number of aromatic amines is 1. The Labute approximate surface area is 142 Å². The smallest absolute Gasteiger partial charge is 0.258 e. The first kappa shape index (κ1) is 16.7. The van der Waals surface area contributed by atoms with Crippen molar-refractivity contribution in [3.63, 3.8) is 0 Å². The Balaban J connectivity index is 1.68. The number of hydrogen-bond acceptors (Lipinski definition) is 3. The topological polar surface area (TPSA) is 66.1 Å². The van der Waals surface area contributed by atoms with E-state index in [-0.39, 0.29) is 11.5 Å². The molecular weight excluding hydrogens is 302 g/mol. The zero-order valence-corrected chi connectivity index (χ0v) is 14.3. The third kappa shape index (κ3) is 3.83. The third-order valence-corrected chi connectivity index (χ3v) is 4.98. The summed E-state index contributed by atoms with van der Waals surface area (Å²) in [7, 11) is 0. The zero-order chi connectivity index (χ0) is 16.9. The van der Waals surface area contributed by atoms with E-state index in [1.165, 1.54) is 25.7 Å². The Morgan fingerprint density at radius 3 is 2.79 bits per heavy atom. The standard InChI is InChI=1S/C19H25N3O2/c1-2-22(18(23)12-11-14-7-3-4-8-14)13-17-20-16-10-6-5-9-15(16)19(24)21-17/h5-6,9-10,14H,2-4,7-8,11-13H2,1H3,(H,20,21,24). The second kappa shape index (κ2) is 7.60. The highest BCUT2D eigenvalue weighted by atomic mass is 16.2. The van der Waals surface area contributed by atoms with Crippen LogP contribution in [0.3, 0.4) is 0 Å². The van der Waals surface area contributed by atoms with Crippen LogP contribution in [0.15, 0.2) is 29.1 Å². The maximum Gasteiger partial charge on any atom is 0.258 e. The lowest BCUT2D eigenvalue weighted by Gasteiger charge is -2.21. The number of carbonyl (C=O) groups is 1. The van der Waals surface area contributed by atoms with Gasteiger partial charge in [-0.3, -0.25) is 9.59 Å². The summed E-state index contributed by atoms with van der Waals surface area (Å²) < 4.78 is 0. The Morgan fingerprint density at radius 2 is 2.04 bits per heavy atom. The number of H-pyrrole nitrogens is 1. The first-order chi connectivity index (χ1) is 11.7. The van der Waals surface area contributed by atoms with Crippen LogP contribution >= 0.6 is 0 Å². The van der Waals surface area contributed by atoms with Gasteiger partial charge in [0.1, 0.15) is 5.82 Å².